The number of hydrogen-bond acceptors (Lipinski definition) is 3. The van der Waals surface area contributed by atoms with E-state index in [0.29, 0.717) is 12.5 Å². The maximum atomic E-state index is 12.1. The Morgan fingerprint density at radius 3 is 1.89 bits per heavy atom. The first kappa shape index (κ1) is 17.4. The number of ether oxygens (including phenoxy) is 1. The maximum absolute atomic E-state index is 12.1. The number of nitrogens with zero attached hydrogens (tertiary/aromatic N) is 1. The molecule has 108 valence electrons. The number of rotatable bonds is 10. The van der Waals surface area contributed by atoms with Crippen LogP contribution in [0.15, 0.2) is 0 Å². The fourth-order valence-corrected chi connectivity index (χ4v) is 2.18. The Kier molecular flexibility index (Phi) is 10.0. The van der Waals surface area contributed by atoms with Crippen LogP contribution in [-0.4, -0.2) is 36.6 Å². The van der Waals surface area contributed by atoms with Crippen molar-refractivity contribution in [1.82, 2.24) is 4.90 Å². The van der Waals surface area contributed by atoms with Crippen LogP contribution in [0.3, 0.4) is 0 Å². The van der Waals surface area contributed by atoms with Crippen LogP contribution in [0.2, 0.25) is 0 Å². The highest BCUT2D eigenvalue weighted by molar-refractivity contribution is 5.76. The largest absolute Gasteiger partial charge is 0.465 e. The van der Waals surface area contributed by atoms with Gasteiger partial charge < -0.3 is 4.74 Å². The Morgan fingerprint density at radius 1 is 1.06 bits per heavy atom. The molecule has 0 aromatic heterocycles. The summed E-state index contributed by atoms with van der Waals surface area (Å²) < 4.78 is 5.23. The fraction of sp³-hybridized carbons (Fsp3) is 0.933. The zero-order chi connectivity index (χ0) is 14.0. The van der Waals surface area contributed by atoms with Gasteiger partial charge in [0.25, 0.3) is 0 Å². The molecule has 3 heteroatoms. The Bertz CT molecular complexity index is 209. The molecule has 0 bridgehead atoms. The second-order valence-corrected chi connectivity index (χ2v) is 5.18. The number of esters is 1. The van der Waals surface area contributed by atoms with Crippen LogP contribution in [0.5, 0.6) is 0 Å². The molecule has 0 aliphatic rings. The summed E-state index contributed by atoms with van der Waals surface area (Å²) in [6, 6.07) is -0.0805. The van der Waals surface area contributed by atoms with Crippen molar-refractivity contribution >= 4 is 5.97 Å². The zero-order valence-electron chi connectivity index (χ0n) is 12.9. The van der Waals surface area contributed by atoms with Gasteiger partial charge in [-0.15, -0.1) is 0 Å². The summed E-state index contributed by atoms with van der Waals surface area (Å²) in [6.45, 7) is 12.9. The van der Waals surface area contributed by atoms with Crippen molar-refractivity contribution in [3.63, 3.8) is 0 Å². The van der Waals surface area contributed by atoms with E-state index in [9.17, 15) is 4.79 Å². The van der Waals surface area contributed by atoms with Crippen molar-refractivity contribution in [3.05, 3.63) is 0 Å². The van der Waals surface area contributed by atoms with Gasteiger partial charge in [0.05, 0.1) is 6.61 Å². The molecule has 18 heavy (non-hydrogen) atoms. The second kappa shape index (κ2) is 10.4. The molecule has 0 aromatic carbocycles. The normalized spacial score (nSPS) is 13.1. The Labute approximate surface area is 113 Å². The van der Waals surface area contributed by atoms with E-state index in [2.05, 4.69) is 32.6 Å². The molecule has 0 rings (SSSR count). The first-order chi connectivity index (χ1) is 8.58. The van der Waals surface area contributed by atoms with E-state index in [1.54, 1.807) is 0 Å². The summed E-state index contributed by atoms with van der Waals surface area (Å²) in [5.74, 6) is 0.248. The van der Waals surface area contributed by atoms with Gasteiger partial charge in [-0.1, -0.05) is 40.5 Å². The van der Waals surface area contributed by atoms with Gasteiger partial charge in [0.1, 0.15) is 6.04 Å². The second-order valence-electron chi connectivity index (χ2n) is 5.18. The molecule has 0 aliphatic heterocycles. The Hall–Kier alpha value is -0.570. The highest BCUT2D eigenvalue weighted by atomic mass is 16.5. The van der Waals surface area contributed by atoms with Crippen LogP contribution in [-0.2, 0) is 9.53 Å². The molecule has 1 atom stereocenters. The summed E-state index contributed by atoms with van der Waals surface area (Å²) in [4.78, 5) is 14.4. The lowest BCUT2D eigenvalue weighted by Crippen LogP contribution is -2.46. The van der Waals surface area contributed by atoms with Crippen LogP contribution in [0.4, 0.5) is 0 Å². The number of unbranched alkanes of at least 4 members (excludes halogenated alkanes) is 2. The van der Waals surface area contributed by atoms with Crippen LogP contribution < -0.4 is 0 Å². The molecule has 0 heterocycles. The molecule has 0 radical (unpaired) electrons. The predicted octanol–water partition coefficient (Wildman–Crippen LogP) is 3.48. The van der Waals surface area contributed by atoms with Gasteiger partial charge in [0.15, 0.2) is 0 Å². The molecular formula is C15H31NO2. The minimum absolute atomic E-state index is 0.0558. The average molecular weight is 257 g/mol. The first-order valence-corrected chi connectivity index (χ1v) is 7.49. The minimum atomic E-state index is -0.0805. The predicted molar refractivity (Wildman–Crippen MR) is 76.6 cm³/mol. The quantitative estimate of drug-likeness (QED) is 0.561. The number of hydrogen-bond donors (Lipinski definition) is 0. The van der Waals surface area contributed by atoms with Gasteiger partial charge in [-0.2, -0.15) is 0 Å². The van der Waals surface area contributed by atoms with Crippen LogP contribution in [0.25, 0.3) is 0 Å². The van der Waals surface area contributed by atoms with Gasteiger partial charge in [-0.25, -0.2) is 0 Å². The lowest BCUT2D eigenvalue weighted by atomic mass is 10.0. The van der Waals surface area contributed by atoms with Crippen molar-refractivity contribution in [2.75, 3.05) is 19.7 Å². The standard InChI is InChI=1S/C15H31NO2/c1-6-9-11-16(12-10-7-2)14(13(4)5)15(17)18-8-3/h13-14H,6-12H2,1-5H3. The maximum Gasteiger partial charge on any atom is 0.323 e. The lowest BCUT2D eigenvalue weighted by molar-refractivity contribution is -0.151. The molecule has 0 saturated carbocycles. The Balaban J connectivity index is 4.66. The zero-order valence-corrected chi connectivity index (χ0v) is 12.9. The molecule has 3 nitrogen and oxygen atoms in total. The highest BCUT2D eigenvalue weighted by Gasteiger charge is 2.29. The lowest BCUT2D eigenvalue weighted by Gasteiger charge is -2.32. The molecule has 0 fully saturated rings. The van der Waals surface area contributed by atoms with Crippen LogP contribution in [0.1, 0.15) is 60.3 Å². The molecular weight excluding hydrogens is 226 g/mol. The third-order valence-corrected chi connectivity index (χ3v) is 3.15. The van der Waals surface area contributed by atoms with E-state index in [-0.39, 0.29) is 12.0 Å². The van der Waals surface area contributed by atoms with E-state index in [0.717, 1.165) is 38.8 Å². The van der Waals surface area contributed by atoms with Crippen molar-refractivity contribution in [3.8, 4) is 0 Å². The van der Waals surface area contributed by atoms with Crippen LogP contribution in [0, 0.1) is 5.92 Å². The minimum Gasteiger partial charge on any atom is -0.465 e. The van der Waals surface area contributed by atoms with Crippen molar-refractivity contribution in [2.24, 2.45) is 5.92 Å². The number of carbonyl (C=O) groups is 1. The summed E-state index contributed by atoms with van der Waals surface area (Å²) in [6.07, 6.45) is 4.62. The van der Waals surface area contributed by atoms with Gasteiger partial charge in [-0.05, 0) is 38.8 Å². The monoisotopic (exact) mass is 257 g/mol. The van der Waals surface area contributed by atoms with E-state index in [4.69, 9.17) is 4.74 Å². The summed E-state index contributed by atoms with van der Waals surface area (Å²) in [7, 11) is 0. The molecule has 0 amide bonds. The third-order valence-electron chi connectivity index (χ3n) is 3.15. The topological polar surface area (TPSA) is 29.5 Å². The van der Waals surface area contributed by atoms with Crippen molar-refractivity contribution < 1.29 is 9.53 Å². The SMILES string of the molecule is CCCCN(CCCC)C(C(=O)OCC)C(C)C. The van der Waals surface area contributed by atoms with Crippen molar-refractivity contribution in [1.29, 1.82) is 0 Å². The summed E-state index contributed by atoms with van der Waals surface area (Å²) in [5, 5.41) is 0. The summed E-state index contributed by atoms with van der Waals surface area (Å²) >= 11 is 0. The number of carbonyl (C=O) groups excluding carboxylic acids is 1. The highest BCUT2D eigenvalue weighted by Crippen LogP contribution is 2.15. The smallest absolute Gasteiger partial charge is 0.323 e. The molecule has 0 N–H and O–H groups in total. The molecule has 1 unspecified atom stereocenters. The van der Waals surface area contributed by atoms with Gasteiger partial charge >= 0.3 is 5.97 Å². The first-order valence-electron chi connectivity index (χ1n) is 7.49. The van der Waals surface area contributed by atoms with Gasteiger partial charge in [0, 0.05) is 0 Å². The Morgan fingerprint density at radius 2 is 1.56 bits per heavy atom. The van der Waals surface area contributed by atoms with E-state index >= 15 is 0 Å². The van der Waals surface area contributed by atoms with Gasteiger partial charge in [-0.3, -0.25) is 9.69 Å². The molecule has 0 saturated heterocycles. The average Bonchev–Trinajstić information content (AvgIpc) is 2.32. The van der Waals surface area contributed by atoms with Crippen LogP contribution >= 0.6 is 0 Å². The molecule has 0 aromatic rings. The fourth-order valence-electron chi connectivity index (χ4n) is 2.18. The van der Waals surface area contributed by atoms with Crippen molar-refractivity contribution in [2.45, 2.75) is 66.3 Å². The third kappa shape index (κ3) is 6.39. The summed E-state index contributed by atoms with van der Waals surface area (Å²) in [5.41, 5.74) is 0. The van der Waals surface area contributed by atoms with E-state index in [1.807, 2.05) is 6.92 Å². The van der Waals surface area contributed by atoms with E-state index < -0.39 is 0 Å². The van der Waals surface area contributed by atoms with E-state index in [1.165, 1.54) is 0 Å². The molecule has 0 spiro atoms. The van der Waals surface area contributed by atoms with Gasteiger partial charge in [0.2, 0.25) is 0 Å². The molecule has 0 aliphatic carbocycles.